The average Bonchev–Trinajstić information content (AvgIpc) is 3.56. The van der Waals surface area contributed by atoms with Crippen LogP contribution in [0, 0.1) is 6.07 Å². The molecule has 242 valence electrons. The molecule has 0 bridgehead atoms. The average molecular weight is 721 g/mol. The molecule has 0 fully saturated rings. The second-order valence-electron chi connectivity index (χ2n) is 15.2. The Balaban J connectivity index is 0.000000363. The van der Waals surface area contributed by atoms with Crippen molar-refractivity contribution >= 4 is 3.21 Å². The Bertz CT molecular complexity index is 1430. The molecule has 45 heavy (non-hydrogen) atoms. The second kappa shape index (κ2) is 17.5. The topological polar surface area (TPSA) is 0 Å². The van der Waals surface area contributed by atoms with E-state index in [0.29, 0.717) is 5.41 Å². The molecule has 0 spiro atoms. The first-order valence-corrected chi connectivity index (χ1v) is 17.3. The third-order valence-corrected chi connectivity index (χ3v) is 8.95. The molecule has 0 atom stereocenters. The predicted octanol–water partition coefficient (Wildman–Crippen LogP) is 5.48. The van der Waals surface area contributed by atoms with Crippen LogP contribution < -0.4 is 24.8 Å². The van der Waals surface area contributed by atoms with Crippen molar-refractivity contribution in [2.24, 2.45) is 0 Å². The van der Waals surface area contributed by atoms with Gasteiger partial charge in [0, 0.05) is 0 Å². The third-order valence-electron chi connectivity index (χ3n) is 8.24. The zero-order valence-corrected chi connectivity index (χ0v) is 33.6. The van der Waals surface area contributed by atoms with E-state index >= 15 is 0 Å². The van der Waals surface area contributed by atoms with Crippen molar-refractivity contribution in [2.75, 3.05) is 0 Å². The first-order chi connectivity index (χ1) is 20.0. The summed E-state index contributed by atoms with van der Waals surface area (Å²) in [4.78, 5) is 0. The van der Waals surface area contributed by atoms with Crippen LogP contribution in [0.5, 0.6) is 0 Å². The van der Waals surface area contributed by atoms with E-state index in [0.717, 1.165) is 6.42 Å². The molecule has 3 heteroatoms. The summed E-state index contributed by atoms with van der Waals surface area (Å²) in [6.07, 6.45) is 4.87. The molecule has 1 aliphatic carbocycles. The van der Waals surface area contributed by atoms with E-state index in [1.165, 1.54) is 96.8 Å². The predicted molar refractivity (Wildman–Crippen MR) is 186 cm³/mol. The number of unbranched alkanes of at least 4 members (excludes halogenated alkanes) is 1. The van der Waals surface area contributed by atoms with Gasteiger partial charge in [0.05, 0.1) is 0 Å². The van der Waals surface area contributed by atoms with E-state index < -0.39 is 0 Å². The molecule has 0 N–H and O–H groups in total. The molecule has 0 saturated carbocycles. The van der Waals surface area contributed by atoms with Crippen LogP contribution in [0.1, 0.15) is 128 Å². The quantitative estimate of drug-likeness (QED) is 0.216. The number of aryl methyl sites for hydroxylation is 1. The van der Waals surface area contributed by atoms with Gasteiger partial charge in [0.25, 0.3) is 0 Å². The summed E-state index contributed by atoms with van der Waals surface area (Å²) in [6, 6.07) is 32.4. The number of rotatable bonds is 4. The van der Waals surface area contributed by atoms with Gasteiger partial charge < -0.3 is 24.8 Å². The molecule has 4 aromatic rings. The van der Waals surface area contributed by atoms with E-state index in [1.807, 2.05) is 6.07 Å². The van der Waals surface area contributed by atoms with E-state index in [4.69, 9.17) is 0 Å². The summed E-state index contributed by atoms with van der Waals surface area (Å²) in [7, 11) is 0. The zero-order valence-electron chi connectivity index (χ0n) is 29.6. The number of halogens is 2. The molecule has 5 rings (SSSR count). The van der Waals surface area contributed by atoms with Crippen molar-refractivity contribution in [1.29, 1.82) is 0 Å². The molecule has 0 nitrogen and oxygen atoms in total. The minimum Gasteiger partial charge on any atom is -1.00 e. The van der Waals surface area contributed by atoms with Gasteiger partial charge in [0.2, 0.25) is 0 Å². The first kappa shape index (κ1) is 41.4. The number of fused-ring (bicyclic) bond motifs is 3. The largest absolute Gasteiger partial charge is 1.00 e. The Morgan fingerprint density at radius 2 is 1.33 bits per heavy atom. The number of hydrogen-bond acceptors (Lipinski definition) is 0. The van der Waals surface area contributed by atoms with E-state index in [9.17, 15) is 0 Å². The first-order valence-electron chi connectivity index (χ1n) is 16.1. The van der Waals surface area contributed by atoms with Crippen LogP contribution in [-0.4, -0.2) is 3.21 Å². The van der Waals surface area contributed by atoms with Crippen LogP contribution in [0.2, 0.25) is 0 Å². The maximum absolute atomic E-state index is 3.53. The monoisotopic (exact) mass is 718 g/mol. The fourth-order valence-electron chi connectivity index (χ4n) is 5.17. The van der Waals surface area contributed by atoms with Gasteiger partial charge in [-0.3, -0.25) is 0 Å². The van der Waals surface area contributed by atoms with Crippen molar-refractivity contribution in [2.45, 2.75) is 118 Å². The third kappa shape index (κ3) is 12.1. The van der Waals surface area contributed by atoms with Crippen LogP contribution in [0.3, 0.4) is 0 Å². The molecular formula is C42H54Cl2Zr-2. The minimum atomic E-state index is 0. The Morgan fingerprint density at radius 3 is 1.82 bits per heavy atom. The van der Waals surface area contributed by atoms with Crippen molar-refractivity contribution in [3.8, 4) is 11.1 Å². The van der Waals surface area contributed by atoms with E-state index in [1.54, 1.807) is 0 Å². The van der Waals surface area contributed by atoms with Gasteiger partial charge >= 0.3 is 70.3 Å². The maximum atomic E-state index is 3.53. The number of benzene rings is 3. The van der Waals surface area contributed by atoms with Crippen molar-refractivity contribution in [3.05, 3.63) is 124 Å². The molecule has 1 aliphatic rings. The molecular weight excluding hydrogens is 667 g/mol. The molecule has 0 radical (unpaired) electrons. The normalized spacial score (nSPS) is 11.8. The fraction of sp³-hybridized carbons (Fsp3) is 0.429. The van der Waals surface area contributed by atoms with E-state index in [-0.39, 0.29) is 35.6 Å². The summed E-state index contributed by atoms with van der Waals surface area (Å²) in [5, 5.41) is 0. The zero-order chi connectivity index (χ0) is 32.0. The van der Waals surface area contributed by atoms with Crippen LogP contribution in [0.4, 0.5) is 0 Å². The van der Waals surface area contributed by atoms with Gasteiger partial charge in [0.15, 0.2) is 0 Å². The van der Waals surface area contributed by atoms with Crippen LogP contribution in [0.15, 0.2) is 78.9 Å². The van der Waals surface area contributed by atoms with Crippen molar-refractivity contribution in [3.63, 3.8) is 0 Å². The molecule has 0 aromatic heterocycles. The summed E-state index contributed by atoms with van der Waals surface area (Å²) in [6.45, 7) is 24.9. The Kier molecular flexibility index (Phi) is 16.1. The van der Waals surface area contributed by atoms with Gasteiger partial charge in [-0.25, -0.2) is 6.07 Å². The summed E-state index contributed by atoms with van der Waals surface area (Å²) >= 11 is 1.51. The van der Waals surface area contributed by atoms with Crippen molar-refractivity contribution in [1.82, 2.24) is 0 Å². The van der Waals surface area contributed by atoms with Crippen LogP contribution in [0.25, 0.3) is 11.1 Å². The Hall–Kier alpha value is -1.66. The summed E-state index contributed by atoms with van der Waals surface area (Å²) < 4.78 is 1.46. The molecule has 0 aliphatic heterocycles. The molecule has 0 heterocycles. The SMILES string of the molecule is CC(C)(C)c1c[c-]c2c(c1)-c1cc(C(C)(C)C)ccc1C2.CCCCc1cc(C(C)(C)C)c[cH-]1.C[C](=[Zr+2])c1ccccc1.[Cl-].[Cl-]. The molecule has 0 unspecified atom stereocenters. The van der Waals surface area contributed by atoms with Crippen LogP contribution >= 0.6 is 0 Å². The van der Waals surface area contributed by atoms with Gasteiger partial charge in [-0.1, -0.05) is 129 Å². The van der Waals surface area contributed by atoms with Crippen LogP contribution in [-0.2, 0) is 53.3 Å². The smallest absolute Gasteiger partial charge is 1.00 e. The van der Waals surface area contributed by atoms with Gasteiger partial charge in [-0.2, -0.15) is 52.6 Å². The maximum Gasteiger partial charge on any atom is -1.00 e. The molecule has 0 saturated heterocycles. The Labute approximate surface area is 303 Å². The van der Waals surface area contributed by atoms with Crippen molar-refractivity contribution < 1.29 is 49.0 Å². The van der Waals surface area contributed by atoms with Gasteiger partial charge in [-0.15, -0.1) is 5.56 Å². The molecule has 4 aromatic carbocycles. The summed E-state index contributed by atoms with van der Waals surface area (Å²) in [5.74, 6) is 0. The number of hydrogen-bond donors (Lipinski definition) is 0. The standard InChI is InChI=1S/C21H25.C13H21.C8H8.2ClH.Zr/c1-20(2,3)16-9-7-14-11-15-8-10-17(21(4,5)6)13-19(15)18(14)12-16;1-5-6-7-11-8-9-12(10-11)13(2,3)4;1-2-8-6-4-3-5-7-8;;;/h7,9-10,12-13H,11H2,1-6H3;8-10H,5-7H2,1-4H3;3-7H,1H3;2*1H;/q2*-1;;;;+2/p-2. The minimum absolute atomic E-state index is 0. The molecule has 0 amide bonds. The fourth-order valence-corrected chi connectivity index (χ4v) is 5.58. The van der Waals surface area contributed by atoms with Gasteiger partial charge in [-0.05, 0) is 17.4 Å². The van der Waals surface area contributed by atoms with E-state index in [2.05, 4.69) is 155 Å². The van der Waals surface area contributed by atoms with Gasteiger partial charge in [0.1, 0.15) is 0 Å². The Morgan fingerprint density at radius 1 is 0.756 bits per heavy atom. The second-order valence-corrected chi connectivity index (χ2v) is 17.0. The summed E-state index contributed by atoms with van der Waals surface area (Å²) in [5.41, 5.74) is 13.4.